The van der Waals surface area contributed by atoms with Gasteiger partial charge in [0.05, 0.1) is 19.8 Å². The van der Waals surface area contributed by atoms with Gasteiger partial charge in [0.15, 0.2) is 6.29 Å². The number of rotatable bonds is 6. The highest BCUT2D eigenvalue weighted by molar-refractivity contribution is 5.58. The molecule has 2 heterocycles. The number of hydrogen-bond acceptors (Lipinski definition) is 6. The molecule has 0 N–H and O–H groups in total. The molecule has 1 saturated heterocycles. The highest BCUT2D eigenvalue weighted by Gasteiger charge is 2.15. The van der Waals surface area contributed by atoms with E-state index in [-0.39, 0.29) is 6.29 Å². The first-order valence-electron chi connectivity index (χ1n) is 8.24. The van der Waals surface area contributed by atoms with Crippen LogP contribution in [-0.2, 0) is 9.47 Å². The Kier molecular flexibility index (Phi) is 4.72. The van der Waals surface area contributed by atoms with Gasteiger partial charge >= 0.3 is 0 Å². The third kappa shape index (κ3) is 3.87. The van der Waals surface area contributed by atoms with Crippen LogP contribution in [0.25, 0.3) is 22.9 Å². The molecule has 128 valence electrons. The topological polar surface area (TPSA) is 66.6 Å². The molecular weight excluding hydrogens is 320 g/mol. The fourth-order valence-electron chi connectivity index (χ4n) is 2.58. The van der Waals surface area contributed by atoms with Crippen molar-refractivity contribution in [1.29, 1.82) is 0 Å². The summed E-state index contributed by atoms with van der Waals surface area (Å²) in [5, 5.41) is 8.22. The Balaban J connectivity index is 1.37. The van der Waals surface area contributed by atoms with Gasteiger partial charge < -0.3 is 18.6 Å². The summed E-state index contributed by atoms with van der Waals surface area (Å²) >= 11 is 0. The van der Waals surface area contributed by atoms with Crippen molar-refractivity contribution in [2.24, 2.45) is 0 Å². The predicted octanol–water partition coefficient (Wildman–Crippen LogP) is 3.55. The van der Waals surface area contributed by atoms with Crippen molar-refractivity contribution in [2.45, 2.75) is 12.7 Å². The first-order chi connectivity index (χ1) is 12.4. The van der Waals surface area contributed by atoms with Crippen LogP contribution in [0, 0.1) is 0 Å². The molecule has 3 aromatic rings. The summed E-state index contributed by atoms with van der Waals surface area (Å²) in [7, 11) is 0. The summed E-state index contributed by atoms with van der Waals surface area (Å²) in [5.74, 6) is 1.77. The van der Waals surface area contributed by atoms with Gasteiger partial charge in [-0.3, -0.25) is 0 Å². The van der Waals surface area contributed by atoms with E-state index in [0.717, 1.165) is 16.9 Å². The van der Waals surface area contributed by atoms with Gasteiger partial charge in [-0.2, -0.15) is 0 Å². The van der Waals surface area contributed by atoms with Crippen molar-refractivity contribution < 1.29 is 18.6 Å². The summed E-state index contributed by atoms with van der Waals surface area (Å²) in [4.78, 5) is 0. The van der Waals surface area contributed by atoms with Gasteiger partial charge in [0.1, 0.15) is 5.75 Å². The Labute approximate surface area is 145 Å². The minimum absolute atomic E-state index is 0.144. The van der Waals surface area contributed by atoms with Crippen molar-refractivity contribution in [2.75, 3.05) is 19.8 Å². The van der Waals surface area contributed by atoms with E-state index < -0.39 is 0 Å². The third-order valence-electron chi connectivity index (χ3n) is 3.86. The lowest BCUT2D eigenvalue weighted by atomic mass is 10.2. The maximum absolute atomic E-state index is 5.75. The van der Waals surface area contributed by atoms with Crippen LogP contribution in [0.2, 0.25) is 0 Å². The van der Waals surface area contributed by atoms with Crippen LogP contribution in [-0.4, -0.2) is 36.3 Å². The lowest BCUT2D eigenvalue weighted by Crippen LogP contribution is -2.12. The quantitative estimate of drug-likeness (QED) is 0.685. The first-order valence-corrected chi connectivity index (χ1v) is 8.24. The normalized spacial score (nSPS) is 14.7. The molecule has 0 atom stereocenters. The Bertz CT molecular complexity index is 796. The van der Waals surface area contributed by atoms with Crippen molar-refractivity contribution in [1.82, 2.24) is 10.2 Å². The van der Waals surface area contributed by atoms with E-state index in [2.05, 4.69) is 10.2 Å². The maximum atomic E-state index is 5.75. The van der Waals surface area contributed by atoms with Crippen molar-refractivity contribution in [3.63, 3.8) is 0 Å². The molecule has 0 spiro atoms. The summed E-state index contributed by atoms with van der Waals surface area (Å²) in [6.07, 6.45) is 0.570. The zero-order chi connectivity index (χ0) is 16.9. The molecule has 1 aromatic heterocycles. The van der Waals surface area contributed by atoms with Gasteiger partial charge in [-0.25, -0.2) is 0 Å². The van der Waals surface area contributed by atoms with Gasteiger partial charge in [-0.05, 0) is 36.4 Å². The molecule has 1 aliphatic rings. The molecule has 1 aliphatic heterocycles. The average molecular weight is 338 g/mol. The van der Waals surface area contributed by atoms with E-state index in [4.69, 9.17) is 18.6 Å². The zero-order valence-electron chi connectivity index (χ0n) is 13.6. The number of aromatic nitrogens is 2. The third-order valence-corrected chi connectivity index (χ3v) is 3.86. The molecule has 0 radical (unpaired) electrons. The molecule has 6 heteroatoms. The molecule has 0 unspecified atom stereocenters. The Hall–Kier alpha value is -2.70. The lowest BCUT2D eigenvalue weighted by molar-refractivity contribution is -0.0531. The summed E-state index contributed by atoms with van der Waals surface area (Å²) < 4.78 is 22.2. The second kappa shape index (κ2) is 7.46. The molecule has 4 rings (SSSR count). The van der Waals surface area contributed by atoms with Gasteiger partial charge in [0.25, 0.3) is 0 Å². The molecule has 0 aliphatic carbocycles. The summed E-state index contributed by atoms with van der Waals surface area (Å²) in [6.45, 7) is 1.87. The minimum Gasteiger partial charge on any atom is -0.493 e. The summed E-state index contributed by atoms with van der Waals surface area (Å²) in [5.41, 5.74) is 1.75. The van der Waals surface area contributed by atoms with Crippen LogP contribution in [0.15, 0.2) is 59.0 Å². The SMILES string of the molecule is c1ccc(-c2nnc(-c3ccc(OCCC4OCCO4)cc3)o2)cc1. The number of hydrogen-bond donors (Lipinski definition) is 0. The van der Waals surface area contributed by atoms with Gasteiger partial charge in [-0.15, -0.1) is 10.2 Å². The van der Waals surface area contributed by atoms with Crippen molar-refractivity contribution >= 4 is 0 Å². The molecular formula is C19H18N2O4. The van der Waals surface area contributed by atoms with Crippen molar-refractivity contribution in [3.8, 4) is 28.7 Å². The van der Waals surface area contributed by atoms with E-state index in [9.17, 15) is 0 Å². The number of benzene rings is 2. The molecule has 25 heavy (non-hydrogen) atoms. The molecule has 0 amide bonds. The van der Waals surface area contributed by atoms with E-state index in [1.807, 2.05) is 54.6 Å². The Morgan fingerprint density at radius 3 is 2.16 bits per heavy atom. The van der Waals surface area contributed by atoms with E-state index in [1.165, 1.54) is 0 Å². The largest absolute Gasteiger partial charge is 0.493 e. The second-order valence-corrected chi connectivity index (χ2v) is 5.61. The molecule has 0 saturated carbocycles. The van der Waals surface area contributed by atoms with Gasteiger partial charge in [0, 0.05) is 17.5 Å². The van der Waals surface area contributed by atoms with Crippen molar-refractivity contribution in [3.05, 3.63) is 54.6 Å². The van der Waals surface area contributed by atoms with Crippen LogP contribution in [0.1, 0.15) is 6.42 Å². The second-order valence-electron chi connectivity index (χ2n) is 5.61. The van der Waals surface area contributed by atoms with E-state index >= 15 is 0 Å². The minimum atomic E-state index is -0.144. The highest BCUT2D eigenvalue weighted by atomic mass is 16.7. The van der Waals surface area contributed by atoms with Crippen LogP contribution >= 0.6 is 0 Å². The number of ether oxygens (including phenoxy) is 3. The first kappa shape index (κ1) is 15.8. The molecule has 0 bridgehead atoms. The smallest absolute Gasteiger partial charge is 0.248 e. The lowest BCUT2D eigenvalue weighted by Gasteiger charge is -2.10. The van der Waals surface area contributed by atoms with E-state index in [1.54, 1.807) is 0 Å². The molecule has 1 fully saturated rings. The predicted molar refractivity (Wildman–Crippen MR) is 91.0 cm³/mol. The monoisotopic (exact) mass is 338 g/mol. The fourth-order valence-corrected chi connectivity index (χ4v) is 2.58. The Morgan fingerprint density at radius 2 is 1.48 bits per heavy atom. The molecule has 6 nitrogen and oxygen atoms in total. The summed E-state index contributed by atoms with van der Waals surface area (Å²) in [6, 6.07) is 17.3. The van der Waals surface area contributed by atoms with Crippen LogP contribution in [0.3, 0.4) is 0 Å². The Morgan fingerprint density at radius 1 is 0.840 bits per heavy atom. The van der Waals surface area contributed by atoms with Crippen LogP contribution < -0.4 is 4.74 Å². The highest BCUT2D eigenvalue weighted by Crippen LogP contribution is 2.25. The van der Waals surface area contributed by atoms with Crippen LogP contribution in [0.4, 0.5) is 0 Å². The van der Waals surface area contributed by atoms with Crippen LogP contribution in [0.5, 0.6) is 5.75 Å². The van der Waals surface area contributed by atoms with Gasteiger partial charge in [-0.1, -0.05) is 18.2 Å². The standard InChI is InChI=1S/C19H18N2O4/c1-2-4-14(5-3-1)18-20-21-19(25-18)15-6-8-16(9-7-15)22-11-10-17-23-12-13-24-17/h1-9,17H,10-13H2. The average Bonchev–Trinajstić information content (AvgIpc) is 3.35. The maximum Gasteiger partial charge on any atom is 0.248 e. The van der Waals surface area contributed by atoms with E-state index in [0.29, 0.717) is 38.0 Å². The molecule has 2 aromatic carbocycles. The zero-order valence-corrected chi connectivity index (χ0v) is 13.6. The number of nitrogens with zero attached hydrogens (tertiary/aromatic N) is 2. The fraction of sp³-hybridized carbons (Fsp3) is 0.263. The van der Waals surface area contributed by atoms with Gasteiger partial charge in [0.2, 0.25) is 11.8 Å².